The topological polar surface area (TPSA) is 61.4 Å². The van der Waals surface area contributed by atoms with Crippen molar-refractivity contribution in [2.75, 3.05) is 19.7 Å². The van der Waals surface area contributed by atoms with Crippen LogP contribution in [-0.4, -0.2) is 30.8 Å². The van der Waals surface area contributed by atoms with Gasteiger partial charge in [0, 0.05) is 18.5 Å². The van der Waals surface area contributed by atoms with Crippen molar-refractivity contribution < 1.29 is 23.1 Å². The molecule has 1 aromatic rings. The number of hydrogen-bond donors (Lipinski definition) is 3. The molecular formula is C14H19F3N2O2. The summed E-state index contributed by atoms with van der Waals surface area (Å²) in [6.07, 6.45) is -4.39. The van der Waals surface area contributed by atoms with E-state index >= 15 is 0 Å². The van der Waals surface area contributed by atoms with E-state index in [1.807, 2.05) is 0 Å². The minimum atomic E-state index is -4.39. The summed E-state index contributed by atoms with van der Waals surface area (Å²) in [5.74, 6) is 0. The van der Waals surface area contributed by atoms with Gasteiger partial charge in [0.25, 0.3) is 0 Å². The maximum Gasteiger partial charge on any atom is 0.416 e. The highest BCUT2D eigenvalue weighted by Crippen LogP contribution is 2.32. The Morgan fingerprint density at radius 2 is 1.81 bits per heavy atom. The van der Waals surface area contributed by atoms with Crippen LogP contribution in [0.15, 0.2) is 24.3 Å². The van der Waals surface area contributed by atoms with Gasteiger partial charge >= 0.3 is 12.2 Å². The van der Waals surface area contributed by atoms with Crippen LogP contribution in [0.25, 0.3) is 0 Å². The molecule has 1 aromatic carbocycles. The molecule has 0 saturated heterocycles. The molecular weight excluding hydrogens is 285 g/mol. The van der Waals surface area contributed by atoms with Gasteiger partial charge in [0.05, 0.1) is 12.2 Å². The number of alkyl halides is 3. The van der Waals surface area contributed by atoms with E-state index in [9.17, 15) is 18.0 Å². The van der Waals surface area contributed by atoms with Crippen LogP contribution in [0.2, 0.25) is 0 Å². The summed E-state index contributed by atoms with van der Waals surface area (Å²) in [5.41, 5.74) is -0.879. The largest absolute Gasteiger partial charge is 0.416 e. The third kappa shape index (κ3) is 5.26. The molecule has 1 rings (SSSR count). The Morgan fingerprint density at radius 1 is 1.19 bits per heavy atom. The minimum absolute atomic E-state index is 0.121. The molecule has 3 N–H and O–H groups in total. The van der Waals surface area contributed by atoms with Gasteiger partial charge in [-0.15, -0.1) is 0 Å². The highest BCUT2D eigenvalue weighted by atomic mass is 19.4. The monoisotopic (exact) mass is 304 g/mol. The second-order valence-electron chi connectivity index (χ2n) is 5.30. The fourth-order valence-corrected chi connectivity index (χ4v) is 1.75. The van der Waals surface area contributed by atoms with E-state index < -0.39 is 23.2 Å². The maximum atomic E-state index is 12.7. The average Bonchev–Trinajstić information content (AvgIpc) is 2.42. The van der Waals surface area contributed by atoms with Crippen molar-refractivity contribution in [3.05, 3.63) is 35.4 Å². The van der Waals surface area contributed by atoms with Crippen LogP contribution in [0.3, 0.4) is 0 Å². The van der Waals surface area contributed by atoms with Crippen molar-refractivity contribution in [3.8, 4) is 0 Å². The first-order valence-corrected chi connectivity index (χ1v) is 6.47. The lowest BCUT2D eigenvalue weighted by molar-refractivity contribution is -0.137. The van der Waals surface area contributed by atoms with Crippen molar-refractivity contribution in [3.63, 3.8) is 0 Å². The molecule has 0 aliphatic heterocycles. The number of nitrogens with one attached hydrogen (secondary N) is 2. The zero-order valence-corrected chi connectivity index (χ0v) is 11.9. The lowest BCUT2D eigenvalue weighted by Gasteiger charge is -2.26. The number of hydrogen-bond acceptors (Lipinski definition) is 2. The molecule has 0 heterocycles. The van der Waals surface area contributed by atoms with Gasteiger partial charge < -0.3 is 15.7 Å². The summed E-state index contributed by atoms with van der Waals surface area (Å²) >= 11 is 0. The van der Waals surface area contributed by atoms with Crippen LogP contribution >= 0.6 is 0 Å². The molecule has 0 aromatic heterocycles. The van der Waals surface area contributed by atoms with Crippen LogP contribution in [0.4, 0.5) is 18.0 Å². The molecule has 0 saturated carbocycles. The van der Waals surface area contributed by atoms with Gasteiger partial charge in [-0.3, -0.25) is 0 Å². The van der Waals surface area contributed by atoms with Gasteiger partial charge in [-0.25, -0.2) is 4.79 Å². The maximum absolute atomic E-state index is 12.7. The number of aliphatic hydroxyl groups excluding tert-OH is 1. The van der Waals surface area contributed by atoms with Gasteiger partial charge in [-0.2, -0.15) is 13.2 Å². The number of benzene rings is 1. The zero-order valence-electron chi connectivity index (χ0n) is 11.9. The van der Waals surface area contributed by atoms with Gasteiger partial charge in [0.1, 0.15) is 0 Å². The average molecular weight is 304 g/mol. The number of amides is 2. The Balaban J connectivity index is 2.76. The van der Waals surface area contributed by atoms with Crippen LogP contribution in [0.5, 0.6) is 0 Å². The lowest BCUT2D eigenvalue weighted by atomic mass is 9.84. The van der Waals surface area contributed by atoms with Gasteiger partial charge in [-0.05, 0) is 11.6 Å². The normalized spacial score (nSPS) is 12.1. The molecule has 0 unspecified atom stereocenters. The van der Waals surface area contributed by atoms with Crippen LogP contribution in [0.1, 0.15) is 25.0 Å². The van der Waals surface area contributed by atoms with Crippen molar-refractivity contribution in [1.29, 1.82) is 0 Å². The molecule has 21 heavy (non-hydrogen) atoms. The molecule has 0 aliphatic carbocycles. The summed E-state index contributed by atoms with van der Waals surface area (Å²) in [7, 11) is 0. The standard InChI is InChI=1S/C14H19F3N2O2/c1-13(2,9-19-12(21)18-6-7-20)10-4-3-5-11(8-10)14(15,16)17/h3-5,8,20H,6-7,9H2,1-2H3,(H2,18,19,21). The molecule has 0 radical (unpaired) electrons. The fraction of sp³-hybridized carbons (Fsp3) is 0.500. The first kappa shape index (κ1) is 17.3. The van der Waals surface area contributed by atoms with E-state index in [1.54, 1.807) is 19.9 Å². The van der Waals surface area contributed by atoms with Crippen molar-refractivity contribution in [1.82, 2.24) is 10.6 Å². The van der Waals surface area contributed by atoms with Crippen molar-refractivity contribution in [2.45, 2.75) is 25.4 Å². The second-order valence-corrected chi connectivity index (χ2v) is 5.30. The van der Waals surface area contributed by atoms with E-state index in [0.717, 1.165) is 12.1 Å². The highest BCUT2D eigenvalue weighted by Gasteiger charge is 2.32. The smallest absolute Gasteiger partial charge is 0.395 e. The molecule has 0 fully saturated rings. The summed E-state index contributed by atoms with van der Waals surface area (Å²) in [6, 6.07) is 4.59. The molecule has 0 spiro atoms. The van der Waals surface area contributed by atoms with Crippen molar-refractivity contribution >= 4 is 6.03 Å². The molecule has 0 atom stereocenters. The SMILES string of the molecule is CC(C)(CNC(=O)NCCO)c1cccc(C(F)(F)F)c1. The second kappa shape index (κ2) is 6.80. The van der Waals surface area contributed by atoms with E-state index in [-0.39, 0.29) is 19.7 Å². The molecule has 0 aliphatic rings. The fourth-order valence-electron chi connectivity index (χ4n) is 1.75. The predicted octanol–water partition coefficient (Wildman–Crippen LogP) is 2.27. The first-order valence-electron chi connectivity index (χ1n) is 6.47. The van der Waals surface area contributed by atoms with Gasteiger partial charge in [-0.1, -0.05) is 32.0 Å². The molecule has 2 amide bonds. The number of aliphatic hydroxyl groups is 1. The van der Waals surface area contributed by atoms with E-state index in [0.29, 0.717) is 5.56 Å². The van der Waals surface area contributed by atoms with Gasteiger partial charge in [0.2, 0.25) is 0 Å². The number of halogens is 3. The van der Waals surface area contributed by atoms with E-state index in [1.165, 1.54) is 6.07 Å². The number of carbonyl (C=O) groups excluding carboxylic acids is 1. The van der Waals surface area contributed by atoms with Crippen LogP contribution in [-0.2, 0) is 11.6 Å². The van der Waals surface area contributed by atoms with E-state index in [2.05, 4.69) is 10.6 Å². The third-order valence-electron chi connectivity index (χ3n) is 3.06. The van der Waals surface area contributed by atoms with E-state index in [4.69, 9.17) is 5.11 Å². The molecule has 0 bridgehead atoms. The van der Waals surface area contributed by atoms with Crippen LogP contribution < -0.4 is 10.6 Å². The third-order valence-corrected chi connectivity index (χ3v) is 3.06. The first-order chi connectivity index (χ1) is 9.66. The summed E-state index contributed by atoms with van der Waals surface area (Å²) in [4.78, 5) is 11.4. The Kier molecular flexibility index (Phi) is 5.60. The minimum Gasteiger partial charge on any atom is -0.395 e. The Bertz CT molecular complexity index is 487. The Labute approximate surface area is 121 Å². The zero-order chi connectivity index (χ0) is 16.1. The summed E-state index contributed by atoms with van der Waals surface area (Å²) < 4.78 is 38.1. The van der Waals surface area contributed by atoms with Crippen molar-refractivity contribution in [2.24, 2.45) is 0 Å². The summed E-state index contributed by atoms with van der Waals surface area (Å²) in [6.45, 7) is 3.61. The number of rotatable bonds is 5. The molecule has 118 valence electrons. The number of carbonyl (C=O) groups is 1. The quantitative estimate of drug-likeness (QED) is 0.781. The van der Waals surface area contributed by atoms with Crippen LogP contribution in [0, 0.1) is 0 Å². The Hall–Kier alpha value is -1.76. The number of urea groups is 1. The molecule has 7 heteroatoms. The molecule has 4 nitrogen and oxygen atoms in total. The summed E-state index contributed by atoms with van der Waals surface area (Å²) in [5, 5.41) is 13.6. The van der Waals surface area contributed by atoms with Gasteiger partial charge in [0.15, 0.2) is 0 Å². The lowest BCUT2D eigenvalue weighted by Crippen LogP contribution is -2.43. The predicted molar refractivity (Wildman–Crippen MR) is 73.0 cm³/mol. The Morgan fingerprint density at radius 3 is 2.38 bits per heavy atom. The highest BCUT2D eigenvalue weighted by molar-refractivity contribution is 5.73.